The van der Waals surface area contributed by atoms with Crippen LogP contribution in [-0.2, 0) is 19.6 Å². The third kappa shape index (κ3) is 4.09. The maximum Gasteiger partial charge on any atom is 0.309 e. The van der Waals surface area contributed by atoms with E-state index in [-0.39, 0.29) is 22.9 Å². The molecule has 0 radical (unpaired) electrons. The highest BCUT2D eigenvalue weighted by Gasteiger charge is 2.35. The SMILES string of the molecule is O=C(OC1CCCCCCC1)C1CCN(C2=NS(=O)(=O)c3ccccc32)CC1. The van der Waals surface area contributed by atoms with Crippen LogP contribution in [0.4, 0.5) is 0 Å². The first kappa shape index (κ1) is 19.4. The zero-order valence-electron chi connectivity index (χ0n) is 16.2. The maximum atomic E-state index is 12.6. The summed E-state index contributed by atoms with van der Waals surface area (Å²) in [6.07, 6.45) is 9.43. The molecule has 0 atom stereocenters. The summed E-state index contributed by atoms with van der Waals surface area (Å²) >= 11 is 0. The van der Waals surface area contributed by atoms with E-state index in [4.69, 9.17) is 4.74 Å². The second kappa shape index (κ2) is 8.23. The van der Waals surface area contributed by atoms with E-state index in [0.29, 0.717) is 37.3 Å². The van der Waals surface area contributed by atoms with Gasteiger partial charge in [-0.3, -0.25) is 4.79 Å². The van der Waals surface area contributed by atoms with Crippen LogP contribution < -0.4 is 0 Å². The number of carbonyl (C=O) groups excluding carboxylic acids is 1. The predicted molar refractivity (Wildman–Crippen MR) is 107 cm³/mol. The third-order valence-corrected chi connectivity index (χ3v) is 7.40. The van der Waals surface area contributed by atoms with E-state index in [1.54, 1.807) is 18.2 Å². The highest BCUT2D eigenvalue weighted by Crippen LogP contribution is 2.30. The molecule has 0 aromatic heterocycles. The molecule has 2 aliphatic heterocycles. The molecule has 0 bridgehead atoms. The summed E-state index contributed by atoms with van der Waals surface area (Å²) in [7, 11) is -3.60. The monoisotopic (exact) mass is 404 g/mol. The molecule has 1 aliphatic carbocycles. The van der Waals surface area contributed by atoms with Gasteiger partial charge in [0.15, 0.2) is 5.84 Å². The van der Waals surface area contributed by atoms with Gasteiger partial charge in [0.25, 0.3) is 10.0 Å². The Morgan fingerprint density at radius 2 is 1.61 bits per heavy atom. The minimum Gasteiger partial charge on any atom is -0.462 e. The first-order valence-corrected chi connectivity index (χ1v) is 11.9. The van der Waals surface area contributed by atoms with Crippen molar-refractivity contribution in [1.29, 1.82) is 0 Å². The van der Waals surface area contributed by atoms with Gasteiger partial charge in [-0.15, -0.1) is 4.40 Å². The van der Waals surface area contributed by atoms with E-state index >= 15 is 0 Å². The van der Waals surface area contributed by atoms with Crippen LogP contribution in [0.5, 0.6) is 0 Å². The van der Waals surface area contributed by atoms with Gasteiger partial charge in [0.2, 0.25) is 0 Å². The fourth-order valence-electron chi connectivity index (χ4n) is 4.44. The molecule has 1 aromatic carbocycles. The van der Waals surface area contributed by atoms with Crippen LogP contribution in [0.15, 0.2) is 33.6 Å². The van der Waals surface area contributed by atoms with Crippen molar-refractivity contribution in [3.63, 3.8) is 0 Å². The molecule has 4 rings (SSSR count). The molecule has 152 valence electrons. The summed E-state index contributed by atoms with van der Waals surface area (Å²) in [5.74, 6) is 0.338. The van der Waals surface area contributed by atoms with Crippen LogP contribution in [0.2, 0.25) is 0 Å². The topological polar surface area (TPSA) is 76.0 Å². The quantitative estimate of drug-likeness (QED) is 0.705. The van der Waals surface area contributed by atoms with Gasteiger partial charge >= 0.3 is 5.97 Å². The lowest BCUT2D eigenvalue weighted by Gasteiger charge is -2.33. The van der Waals surface area contributed by atoms with Crippen molar-refractivity contribution < 1.29 is 17.9 Å². The number of hydrogen-bond acceptors (Lipinski definition) is 5. The number of piperidine rings is 1. The first-order chi connectivity index (χ1) is 13.5. The summed E-state index contributed by atoms with van der Waals surface area (Å²) in [5.41, 5.74) is 0.665. The average molecular weight is 405 g/mol. The van der Waals surface area contributed by atoms with Gasteiger partial charge in [0.05, 0.1) is 5.92 Å². The number of likely N-dealkylation sites (tertiary alicyclic amines) is 1. The van der Waals surface area contributed by atoms with Crippen molar-refractivity contribution in [1.82, 2.24) is 4.90 Å². The summed E-state index contributed by atoms with van der Waals surface area (Å²) in [4.78, 5) is 14.9. The largest absolute Gasteiger partial charge is 0.462 e. The van der Waals surface area contributed by atoms with Gasteiger partial charge in [-0.1, -0.05) is 31.4 Å². The van der Waals surface area contributed by atoms with Crippen molar-refractivity contribution in [2.24, 2.45) is 10.3 Å². The zero-order chi connectivity index (χ0) is 19.6. The van der Waals surface area contributed by atoms with Crippen molar-refractivity contribution in [2.45, 2.75) is 68.8 Å². The molecule has 6 nitrogen and oxygen atoms in total. The number of ether oxygens (including phenoxy) is 1. The van der Waals surface area contributed by atoms with Crippen molar-refractivity contribution in [3.05, 3.63) is 29.8 Å². The van der Waals surface area contributed by atoms with Crippen LogP contribution in [0, 0.1) is 5.92 Å². The number of carbonyl (C=O) groups is 1. The number of rotatable bonds is 2. The van der Waals surface area contributed by atoms with Gasteiger partial charge < -0.3 is 9.64 Å². The number of amidine groups is 1. The Balaban J connectivity index is 1.35. The number of hydrogen-bond donors (Lipinski definition) is 0. The van der Waals surface area contributed by atoms with E-state index in [0.717, 1.165) is 25.7 Å². The van der Waals surface area contributed by atoms with Gasteiger partial charge in [0.1, 0.15) is 11.0 Å². The first-order valence-electron chi connectivity index (χ1n) is 10.4. The van der Waals surface area contributed by atoms with Gasteiger partial charge in [-0.05, 0) is 50.7 Å². The number of nitrogens with zero attached hydrogens (tertiary/aromatic N) is 2. The zero-order valence-corrected chi connectivity index (χ0v) is 17.0. The van der Waals surface area contributed by atoms with Crippen LogP contribution in [0.1, 0.15) is 63.4 Å². The number of fused-ring (bicyclic) bond motifs is 1. The molecule has 0 amide bonds. The average Bonchev–Trinajstić information content (AvgIpc) is 2.95. The Bertz CT molecular complexity index is 849. The summed E-state index contributed by atoms with van der Waals surface area (Å²) in [6.45, 7) is 1.24. The number of esters is 1. The maximum absolute atomic E-state index is 12.6. The van der Waals surface area contributed by atoms with Crippen LogP contribution in [0.3, 0.4) is 0 Å². The van der Waals surface area contributed by atoms with E-state index in [1.807, 2.05) is 11.0 Å². The molecular weight excluding hydrogens is 376 g/mol. The molecule has 1 aromatic rings. The second-order valence-corrected chi connectivity index (χ2v) is 9.62. The van der Waals surface area contributed by atoms with E-state index in [2.05, 4.69) is 4.40 Å². The fourth-order valence-corrected chi connectivity index (χ4v) is 5.67. The van der Waals surface area contributed by atoms with Crippen molar-refractivity contribution in [3.8, 4) is 0 Å². The Morgan fingerprint density at radius 1 is 0.964 bits per heavy atom. The lowest BCUT2D eigenvalue weighted by molar-refractivity contribution is -0.156. The molecule has 2 heterocycles. The minimum absolute atomic E-state index is 0.0713. The highest BCUT2D eigenvalue weighted by atomic mass is 32.2. The number of sulfonamides is 1. The molecule has 0 unspecified atom stereocenters. The van der Waals surface area contributed by atoms with Crippen LogP contribution in [0.25, 0.3) is 0 Å². The molecule has 28 heavy (non-hydrogen) atoms. The van der Waals surface area contributed by atoms with E-state index in [1.165, 1.54) is 19.3 Å². The fraction of sp³-hybridized carbons (Fsp3) is 0.619. The van der Waals surface area contributed by atoms with Crippen LogP contribution >= 0.6 is 0 Å². The second-order valence-electron chi connectivity index (χ2n) is 8.05. The van der Waals surface area contributed by atoms with Gasteiger partial charge in [-0.2, -0.15) is 8.42 Å². The lowest BCUT2D eigenvalue weighted by Crippen LogP contribution is -2.41. The summed E-state index contributed by atoms with van der Waals surface area (Å²) < 4.78 is 34.4. The molecule has 1 saturated heterocycles. The van der Waals surface area contributed by atoms with Gasteiger partial charge in [-0.25, -0.2) is 0 Å². The van der Waals surface area contributed by atoms with E-state index in [9.17, 15) is 13.2 Å². The smallest absolute Gasteiger partial charge is 0.309 e. The normalized spacial score (nSPS) is 23.4. The standard InChI is InChI=1S/C21H28N2O4S/c24-21(27-17-8-4-2-1-3-5-9-17)16-12-14-23(15-13-16)20-18-10-6-7-11-19(18)28(25,26)22-20/h6-7,10-11,16-17H,1-5,8-9,12-15H2. The molecule has 1 saturated carbocycles. The van der Waals surface area contributed by atoms with Crippen molar-refractivity contribution in [2.75, 3.05) is 13.1 Å². The molecule has 3 aliphatic rings. The molecule has 0 N–H and O–H groups in total. The third-order valence-electron chi connectivity index (χ3n) is 6.08. The van der Waals surface area contributed by atoms with Gasteiger partial charge in [0, 0.05) is 18.7 Å². The van der Waals surface area contributed by atoms with Crippen molar-refractivity contribution >= 4 is 21.8 Å². The summed E-state index contributed by atoms with van der Waals surface area (Å²) in [5, 5.41) is 0. The molecule has 7 heteroatoms. The highest BCUT2D eigenvalue weighted by molar-refractivity contribution is 7.90. The van der Waals surface area contributed by atoms with Crippen LogP contribution in [-0.4, -0.2) is 44.3 Å². The number of benzene rings is 1. The van der Waals surface area contributed by atoms with E-state index < -0.39 is 10.0 Å². The Kier molecular flexibility index (Phi) is 5.71. The lowest BCUT2D eigenvalue weighted by atomic mass is 9.95. The molecule has 2 fully saturated rings. The Morgan fingerprint density at radius 3 is 2.32 bits per heavy atom. The molecular formula is C21H28N2O4S. The Labute approximate surface area is 167 Å². The minimum atomic E-state index is -3.60. The molecule has 0 spiro atoms. The summed E-state index contributed by atoms with van der Waals surface area (Å²) in [6, 6.07) is 6.94. The Hall–Kier alpha value is -1.89. The predicted octanol–water partition coefficient (Wildman–Crippen LogP) is 3.50.